The van der Waals surface area contributed by atoms with E-state index in [1.165, 1.54) is 0 Å². The molecule has 2 atom stereocenters. The first-order valence-electron chi connectivity index (χ1n) is 10.2. The predicted octanol–water partition coefficient (Wildman–Crippen LogP) is 3.56. The molecule has 2 fully saturated rings. The van der Waals surface area contributed by atoms with Crippen LogP contribution >= 0.6 is 0 Å². The van der Waals surface area contributed by atoms with Crippen LogP contribution in [0.15, 0.2) is 40.9 Å². The monoisotopic (exact) mass is 381 g/mol. The minimum Gasteiger partial charge on any atom is -0.360 e. The molecule has 4 rings (SSSR count). The quantitative estimate of drug-likeness (QED) is 0.815. The summed E-state index contributed by atoms with van der Waals surface area (Å²) in [5, 5.41) is 4.00. The van der Waals surface area contributed by atoms with Crippen molar-refractivity contribution >= 4 is 11.8 Å². The summed E-state index contributed by atoms with van der Waals surface area (Å²) in [5.41, 5.74) is 1.13. The zero-order valence-corrected chi connectivity index (χ0v) is 16.5. The van der Waals surface area contributed by atoms with E-state index in [-0.39, 0.29) is 23.8 Å². The Balaban J connectivity index is 1.46. The third kappa shape index (κ3) is 3.55. The molecule has 0 saturated carbocycles. The third-order valence-electron chi connectivity index (χ3n) is 5.95. The molecular formula is C22H27N3O3. The van der Waals surface area contributed by atoms with Gasteiger partial charge in [-0.3, -0.25) is 9.59 Å². The fourth-order valence-electron chi connectivity index (χ4n) is 4.41. The molecule has 1 aromatic heterocycles. The van der Waals surface area contributed by atoms with Crippen LogP contribution in [0.4, 0.5) is 0 Å². The fourth-order valence-corrected chi connectivity index (χ4v) is 4.41. The highest BCUT2D eigenvalue weighted by atomic mass is 16.5. The largest absolute Gasteiger partial charge is 0.360 e. The van der Waals surface area contributed by atoms with E-state index in [0.29, 0.717) is 24.7 Å². The molecule has 1 aromatic carbocycles. The van der Waals surface area contributed by atoms with Crippen LogP contribution in [0.1, 0.15) is 65.6 Å². The number of carbonyl (C=O) groups is 2. The Kier molecular flexibility index (Phi) is 5.20. The third-order valence-corrected chi connectivity index (χ3v) is 5.95. The van der Waals surface area contributed by atoms with Gasteiger partial charge in [0.2, 0.25) is 0 Å². The van der Waals surface area contributed by atoms with Crippen molar-refractivity contribution in [3.05, 3.63) is 53.4 Å². The van der Waals surface area contributed by atoms with Crippen LogP contribution in [0, 0.1) is 5.92 Å². The van der Waals surface area contributed by atoms with Gasteiger partial charge in [-0.15, -0.1) is 0 Å². The van der Waals surface area contributed by atoms with Crippen molar-refractivity contribution in [2.24, 2.45) is 5.92 Å². The van der Waals surface area contributed by atoms with Gasteiger partial charge in [0.25, 0.3) is 11.8 Å². The van der Waals surface area contributed by atoms with E-state index in [0.717, 1.165) is 37.1 Å². The highest BCUT2D eigenvalue weighted by Crippen LogP contribution is 2.32. The maximum Gasteiger partial charge on any atom is 0.276 e. The molecule has 2 aliphatic heterocycles. The van der Waals surface area contributed by atoms with Crippen LogP contribution in [-0.4, -0.2) is 52.4 Å². The SMILES string of the molecule is CC(C)c1cc(C(=O)N2CCC[C@@H]3CN(C(=O)c4ccccc4)CC[C@@H]32)no1. The van der Waals surface area contributed by atoms with E-state index >= 15 is 0 Å². The molecule has 2 saturated heterocycles. The number of likely N-dealkylation sites (tertiary alicyclic amines) is 2. The number of nitrogens with zero attached hydrogens (tertiary/aromatic N) is 3. The first-order valence-corrected chi connectivity index (χ1v) is 10.2. The number of hydrogen-bond donors (Lipinski definition) is 0. The molecular weight excluding hydrogens is 354 g/mol. The molecule has 6 nitrogen and oxygen atoms in total. The molecule has 0 unspecified atom stereocenters. The summed E-state index contributed by atoms with van der Waals surface area (Å²) in [7, 11) is 0. The highest BCUT2D eigenvalue weighted by Gasteiger charge is 2.40. The van der Waals surface area contributed by atoms with Crippen molar-refractivity contribution in [1.82, 2.24) is 15.0 Å². The summed E-state index contributed by atoms with van der Waals surface area (Å²) in [6.45, 7) is 6.17. The molecule has 2 aromatic rings. The topological polar surface area (TPSA) is 66.7 Å². The number of piperidine rings is 2. The van der Waals surface area contributed by atoms with Gasteiger partial charge in [-0.2, -0.15) is 0 Å². The number of amides is 2. The maximum absolute atomic E-state index is 13.1. The molecule has 0 spiro atoms. The van der Waals surface area contributed by atoms with Gasteiger partial charge in [0.05, 0.1) is 0 Å². The van der Waals surface area contributed by atoms with E-state index in [2.05, 4.69) is 5.16 Å². The normalized spacial score (nSPS) is 22.2. The zero-order valence-electron chi connectivity index (χ0n) is 16.5. The second-order valence-electron chi connectivity index (χ2n) is 8.14. The molecule has 2 aliphatic rings. The van der Waals surface area contributed by atoms with E-state index < -0.39 is 0 Å². The van der Waals surface area contributed by atoms with Crippen LogP contribution in [0.3, 0.4) is 0 Å². The van der Waals surface area contributed by atoms with Gasteiger partial charge in [-0.1, -0.05) is 37.2 Å². The molecule has 0 aliphatic carbocycles. The fraction of sp³-hybridized carbons (Fsp3) is 0.500. The Bertz CT molecular complexity index is 846. The lowest BCUT2D eigenvalue weighted by Crippen LogP contribution is -2.56. The summed E-state index contributed by atoms with van der Waals surface area (Å²) >= 11 is 0. The number of fused-ring (bicyclic) bond motifs is 1. The summed E-state index contributed by atoms with van der Waals surface area (Å²) < 4.78 is 5.32. The van der Waals surface area contributed by atoms with Crippen molar-refractivity contribution in [3.63, 3.8) is 0 Å². The second-order valence-corrected chi connectivity index (χ2v) is 8.14. The molecule has 148 valence electrons. The molecule has 28 heavy (non-hydrogen) atoms. The lowest BCUT2D eigenvalue weighted by molar-refractivity contribution is 0.0192. The Labute approximate surface area is 165 Å². The number of rotatable bonds is 3. The smallest absolute Gasteiger partial charge is 0.276 e. The van der Waals surface area contributed by atoms with Gasteiger partial charge < -0.3 is 14.3 Å². The number of carbonyl (C=O) groups excluding carboxylic acids is 2. The van der Waals surface area contributed by atoms with E-state index in [9.17, 15) is 9.59 Å². The summed E-state index contributed by atoms with van der Waals surface area (Å²) in [5.74, 6) is 1.29. The number of aromatic nitrogens is 1. The summed E-state index contributed by atoms with van der Waals surface area (Å²) in [6, 6.07) is 11.4. The van der Waals surface area contributed by atoms with Crippen molar-refractivity contribution in [1.29, 1.82) is 0 Å². The van der Waals surface area contributed by atoms with Crippen LogP contribution < -0.4 is 0 Å². The standard InChI is InChI=1S/C22H27N3O3/c1-15(2)20-13-18(23-28-20)22(27)25-11-6-9-17-14-24(12-10-19(17)25)21(26)16-7-4-3-5-8-16/h3-5,7-8,13,15,17,19H,6,9-12,14H2,1-2H3/t17-,19+/m1/s1. The molecule has 0 radical (unpaired) electrons. The van der Waals surface area contributed by atoms with Crippen LogP contribution in [0.25, 0.3) is 0 Å². The van der Waals surface area contributed by atoms with Crippen LogP contribution in [-0.2, 0) is 0 Å². The molecule has 6 heteroatoms. The highest BCUT2D eigenvalue weighted by molar-refractivity contribution is 5.94. The van der Waals surface area contributed by atoms with Crippen LogP contribution in [0.2, 0.25) is 0 Å². The summed E-state index contributed by atoms with van der Waals surface area (Å²) in [4.78, 5) is 29.8. The first-order chi connectivity index (χ1) is 13.5. The van der Waals surface area contributed by atoms with Crippen LogP contribution in [0.5, 0.6) is 0 Å². The van der Waals surface area contributed by atoms with Crippen molar-refractivity contribution < 1.29 is 14.1 Å². The van der Waals surface area contributed by atoms with E-state index in [1.54, 1.807) is 6.07 Å². The summed E-state index contributed by atoms with van der Waals surface area (Å²) in [6.07, 6.45) is 2.81. The van der Waals surface area contributed by atoms with Gasteiger partial charge in [0, 0.05) is 43.2 Å². The Morgan fingerprint density at radius 2 is 1.89 bits per heavy atom. The number of hydrogen-bond acceptors (Lipinski definition) is 4. The van der Waals surface area contributed by atoms with Crippen molar-refractivity contribution in [2.75, 3.05) is 19.6 Å². The van der Waals surface area contributed by atoms with Crippen molar-refractivity contribution in [2.45, 2.75) is 45.1 Å². The predicted molar refractivity (Wildman–Crippen MR) is 105 cm³/mol. The van der Waals surface area contributed by atoms with Gasteiger partial charge in [-0.25, -0.2) is 0 Å². The van der Waals surface area contributed by atoms with Gasteiger partial charge in [-0.05, 0) is 37.3 Å². The Morgan fingerprint density at radius 3 is 2.61 bits per heavy atom. The minimum absolute atomic E-state index is 0.0480. The molecule has 0 N–H and O–H groups in total. The average Bonchev–Trinajstić information content (AvgIpc) is 3.23. The maximum atomic E-state index is 13.1. The lowest BCUT2D eigenvalue weighted by atomic mass is 9.83. The van der Waals surface area contributed by atoms with Gasteiger partial charge in [0.15, 0.2) is 5.69 Å². The molecule has 2 amide bonds. The average molecular weight is 381 g/mol. The number of benzene rings is 1. The van der Waals surface area contributed by atoms with E-state index in [1.807, 2.05) is 54.0 Å². The minimum atomic E-state index is -0.0480. The Morgan fingerprint density at radius 1 is 1.11 bits per heavy atom. The zero-order chi connectivity index (χ0) is 19.7. The molecule has 0 bridgehead atoms. The molecule has 3 heterocycles. The first kappa shape index (κ1) is 18.7. The van der Waals surface area contributed by atoms with Gasteiger partial charge >= 0.3 is 0 Å². The Hall–Kier alpha value is -2.63. The van der Waals surface area contributed by atoms with Gasteiger partial charge in [0.1, 0.15) is 5.76 Å². The second kappa shape index (κ2) is 7.78. The van der Waals surface area contributed by atoms with Crippen molar-refractivity contribution in [3.8, 4) is 0 Å². The van der Waals surface area contributed by atoms with E-state index in [4.69, 9.17) is 4.52 Å². The lowest BCUT2D eigenvalue weighted by Gasteiger charge is -2.47.